The Hall–Kier alpha value is -2.80. The first-order chi connectivity index (χ1) is 14.5. The van der Waals surface area contributed by atoms with Gasteiger partial charge in [-0.25, -0.2) is 0 Å². The highest BCUT2D eigenvalue weighted by Gasteiger charge is 2.37. The summed E-state index contributed by atoms with van der Waals surface area (Å²) in [7, 11) is 0. The highest BCUT2D eigenvalue weighted by Crippen LogP contribution is 2.36. The molecular weight excluding hydrogens is 398 g/mol. The number of amides is 3. The van der Waals surface area contributed by atoms with Crippen LogP contribution in [0.4, 0.5) is 5.69 Å². The van der Waals surface area contributed by atoms with Crippen LogP contribution in [0.3, 0.4) is 0 Å². The quantitative estimate of drug-likeness (QED) is 0.741. The molecule has 2 N–H and O–H groups in total. The molecule has 3 amide bonds. The average molecular weight is 424 g/mol. The van der Waals surface area contributed by atoms with Crippen LogP contribution in [0.5, 0.6) is 0 Å². The molecule has 7 heteroatoms. The Morgan fingerprint density at radius 3 is 2.67 bits per heavy atom. The first kappa shape index (κ1) is 20.5. The lowest BCUT2D eigenvalue weighted by atomic mass is 9.95. The zero-order valence-electron chi connectivity index (χ0n) is 16.9. The highest BCUT2D eigenvalue weighted by atomic mass is 32.2. The van der Waals surface area contributed by atoms with Gasteiger partial charge in [0.1, 0.15) is 0 Å². The minimum absolute atomic E-state index is 0.0299. The summed E-state index contributed by atoms with van der Waals surface area (Å²) < 4.78 is 0. The number of hydrogen-bond donors (Lipinski definition) is 2. The van der Waals surface area contributed by atoms with E-state index in [1.807, 2.05) is 49.4 Å². The fourth-order valence-corrected chi connectivity index (χ4v) is 4.97. The molecule has 0 bridgehead atoms. The van der Waals surface area contributed by atoms with Crippen LogP contribution in [0.25, 0.3) is 0 Å². The van der Waals surface area contributed by atoms with Gasteiger partial charge in [-0.1, -0.05) is 42.0 Å². The summed E-state index contributed by atoms with van der Waals surface area (Å²) in [5, 5.41) is 5.06. The van der Waals surface area contributed by atoms with Crippen molar-refractivity contribution in [2.45, 2.75) is 36.5 Å². The molecule has 2 aliphatic heterocycles. The third-order valence-corrected chi connectivity index (χ3v) is 6.84. The van der Waals surface area contributed by atoms with Crippen molar-refractivity contribution in [1.82, 2.24) is 10.2 Å². The smallest absolute Gasteiger partial charge is 0.247 e. The average Bonchev–Trinajstić information content (AvgIpc) is 2.76. The van der Waals surface area contributed by atoms with E-state index in [-0.39, 0.29) is 23.6 Å². The molecule has 2 aliphatic rings. The number of nitrogens with zero attached hydrogens (tertiary/aromatic N) is 1. The van der Waals surface area contributed by atoms with Crippen molar-refractivity contribution in [3.8, 4) is 0 Å². The molecule has 1 unspecified atom stereocenters. The number of nitrogens with one attached hydrogen (secondary N) is 2. The maximum Gasteiger partial charge on any atom is 0.247 e. The molecule has 0 radical (unpaired) electrons. The van der Waals surface area contributed by atoms with Gasteiger partial charge < -0.3 is 15.5 Å². The number of para-hydroxylation sites is 1. The number of anilines is 1. The van der Waals surface area contributed by atoms with Gasteiger partial charge in [-0.3, -0.25) is 14.4 Å². The van der Waals surface area contributed by atoms with Gasteiger partial charge in [-0.2, -0.15) is 0 Å². The second-order valence-corrected chi connectivity index (χ2v) is 8.94. The van der Waals surface area contributed by atoms with Crippen LogP contribution in [-0.2, 0) is 20.9 Å². The summed E-state index contributed by atoms with van der Waals surface area (Å²) in [6.07, 6.45) is 1.22. The largest absolute Gasteiger partial charge is 0.352 e. The number of piperidine rings is 1. The summed E-state index contributed by atoms with van der Waals surface area (Å²) in [6.45, 7) is 3.53. The van der Waals surface area contributed by atoms with E-state index in [4.69, 9.17) is 0 Å². The number of hydrogen-bond acceptors (Lipinski definition) is 4. The lowest BCUT2D eigenvalue weighted by molar-refractivity contribution is -0.137. The maximum atomic E-state index is 12.9. The third-order valence-electron chi connectivity index (χ3n) is 5.58. The Morgan fingerprint density at radius 2 is 1.90 bits per heavy atom. The Labute approximate surface area is 180 Å². The number of carbonyl (C=O) groups is 3. The van der Waals surface area contributed by atoms with E-state index >= 15 is 0 Å². The lowest BCUT2D eigenvalue weighted by Crippen LogP contribution is -2.49. The molecule has 2 heterocycles. The standard InChI is InChI=1S/C23H25N3O3S/c1-15-5-4-6-16(13-15)14-24-21(27)17-9-11-26(12-10-17)23(29)20-22(28)25-18-7-2-3-8-19(18)30-20/h2-8,13,17,20H,9-12,14H2,1H3,(H,24,27)(H,25,28). The van der Waals surface area contributed by atoms with Crippen molar-refractivity contribution in [3.63, 3.8) is 0 Å². The predicted octanol–water partition coefficient (Wildman–Crippen LogP) is 2.96. The van der Waals surface area contributed by atoms with Crippen LogP contribution in [0.2, 0.25) is 0 Å². The summed E-state index contributed by atoms with van der Waals surface area (Å²) in [6, 6.07) is 15.6. The number of carbonyl (C=O) groups excluding carboxylic acids is 3. The van der Waals surface area contributed by atoms with Gasteiger partial charge in [0.25, 0.3) is 0 Å². The Bertz CT molecular complexity index is 970. The Kier molecular flexibility index (Phi) is 6.08. The van der Waals surface area contributed by atoms with Crippen LogP contribution in [0.15, 0.2) is 53.4 Å². The Balaban J connectivity index is 1.29. The molecule has 6 nitrogen and oxygen atoms in total. The van der Waals surface area contributed by atoms with E-state index in [0.29, 0.717) is 32.5 Å². The molecule has 1 atom stereocenters. The number of fused-ring (bicyclic) bond motifs is 1. The fraction of sp³-hybridized carbons (Fsp3) is 0.348. The van der Waals surface area contributed by atoms with E-state index < -0.39 is 5.25 Å². The van der Waals surface area contributed by atoms with Crippen LogP contribution >= 0.6 is 11.8 Å². The number of thioether (sulfide) groups is 1. The number of aryl methyl sites for hydroxylation is 1. The number of benzene rings is 2. The van der Waals surface area contributed by atoms with Crippen LogP contribution in [-0.4, -0.2) is 41.0 Å². The number of likely N-dealkylation sites (tertiary alicyclic amines) is 1. The van der Waals surface area contributed by atoms with Gasteiger partial charge in [0, 0.05) is 30.4 Å². The van der Waals surface area contributed by atoms with Gasteiger partial charge in [0.15, 0.2) is 5.25 Å². The summed E-state index contributed by atoms with van der Waals surface area (Å²) in [5.41, 5.74) is 3.00. The first-order valence-corrected chi connectivity index (χ1v) is 11.1. The molecule has 0 aliphatic carbocycles. The second kappa shape index (κ2) is 8.92. The molecule has 2 aromatic carbocycles. The first-order valence-electron chi connectivity index (χ1n) is 10.2. The zero-order chi connectivity index (χ0) is 21.1. The van der Waals surface area contributed by atoms with E-state index in [2.05, 4.69) is 16.7 Å². The van der Waals surface area contributed by atoms with Crippen LogP contribution < -0.4 is 10.6 Å². The zero-order valence-corrected chi connectivity index (χ0v) is 17.7. The van der Waals surface area contributed by atoms with E-state index in [9.17, 15) is 14.4 Å². The van der Waals surface area contributed by atoms with Gasteiger partial charge >= 0.3 is 0 Å². The fourth-order valence-electron chi connectivity index (χ4n) is 3.90. The highest BCUT2D eigenvalue weighted by molar-refractivity contribution is 8.01. The van der Waals surface area contributed by atoms with Gasteiger partial charge in [-0.15, -0.1) is 11.8 Å². The van der Waals surface area contributed by atoms with Crippen molar-refractivity contribution >= 4 is 35.2 Å². The third kappa shape index (κ3) is 4.51. The molecule has 156 valence electrons. The van der Waals surface area contributed by atoms with Gasteiger partial charge in [0.05, 0.1) is 5.69 Å². The molecule has 30 heavy (non-hydrogen) atoms. The van der Waals surface area contributed by atoms with Crippen molar-refractivity contribution in [3.05, 3.63) is 59.7 Å². The van der Waals surface area contributed by atoms with Crippen molar-refractivity contribution in [2.75, 3.05) is 18.4 Å². The van der Waals surface area contributed by atoms with E-state index in [1.54, 1.807) is 4.90 Å². The second-order valence-electron chi connectivity index (χ2n) is 7.79. The lowest BCUT2D eigenvalue weighted by Gasteiger charge is -2.34. The maximum absolute atomic E-state index is 12.9. The van der Waals surface area contributed by atoms with Crippen molar-refractivity contribution in [2.24, 2.45) is 5.92 Å². The molecule has 2 aromatic rings. The van der Waals surface area contributed by atoms with Gasteiger partial charge in [0.2, 0.25) is 17.7 Å². The van der Waals surface area contributed by atoms with Gasteiger partial charge in [-0.05, 0) is 37.5 Å². The van der Waals surface area contributed by atoms with E-state index in [0.717, 1.165) is 16.1 Å². The van der Waals surface area contributed by atoms with Crippen LogP contribution in [0, 0.1) is 12.8 Å². The molecule has 0 spiro atoms. The van der Waals surface area contributed by atoms with Crippen molar-refractivity contribution in [1.29, 1.82) is 0 Å². The molecule has 0 saturated carbocycles. The summed E-state index contributed by atoms with van der Waals surface area (Å²) in [5.74, 6) is -0.526. The summed E-state index contributed by atoms with van der Waals surface area (Å²) >= 11 is 1.30. The Morgan fingerprint density at radius 1 is 1.13 bits per heavy atom. The molecule has 1 fully saturated rings. The van der Waals surface area contributed by atoms with E-state index in [1.165, 1.54) is 17.3 Å². The molecule has 0 aromatic heterocycles. The van der Waals surface area contributed by atoms with Crippen molar-refractivity contribution < 1.29 is 14.4 Å². The number of rotatable bonds is 4. The molecule has 4 rings (SSSR count). The van der Waals surface area contributed by atoms with Crippen LogP contribution in [0.1, 0.15) is 24.0 Å². The summed E-state index contributed by atoms with van der Waals surface area (Å²) in [4.78, 5) is 40.5. The minimum Gasteiger partial charge on any atom is -0.352 e. The molecule has 1 saturated heterocycles. The molecular formula is C23H25N3O3S. The topological polar surface area (TPSA) is 78.5 Å². The minimum atomic E-state index is -0.772. The monoisotopic (exact) mass is 423 g/mol. The SMILES string of the molecule is Cc1cccc(CNC(=O)C2CCN(C(=O)C3Sc4ccccc4NC3=O)CC2)c1. The normalized spacial score (nSPS) is 19.0. The predicted molar refractivity (Wildman–Crippen MR) is 117 cm³/mol.